The smallest absolute Gasteiger partial charge is 0.373 e. The van der Waals surface area contributed by atoms with E-state index in [0.717, 1.165) is 5.56 Å². The van der Waals surface area contributed by atoms with Gasteiger partial charge in [0.15, 0.2) is 0 Å². The Balaban J connectivity index is 2.21. The molecular weight excluding hydrogens is 409 g/mol. The molecule has 146 valence electrons. The number of rotatable bonds is 5. The standard InChI is InChI=1S/C20H15F3O3S2/c1-14-7-9-17(10-8-14)28(24,25)26-19(20(21,22)23)18(16-11-12-27-13-16)15-5-3-2-4-6-15/h2-13H,1H3/b19-18-. The summed E-state index contributed by atoms with van der Waals surface area (Å²) < 4.78 is 71.5. The number of halogens is 3. The van der Waals surface area contributed by atoms with Crippen molar-refractivity contribution in [2.45, 2.75) is 18.0 Å². The van der Waals surface area contributed by atoms with Crippen LogP contribution in [0.25, 0.3) is 5.57 Å². The molecule has 0 radical (unpaired) electrons. The van der Waals surface area contributed by atoms with Gasteiger partial charge in [-0.3, -0.25) is 0 Å². The average molecular weight is 424 g/mol. The highest BCUT2D eigenvalue weighted by atomic mass is 32.2. The van der Waals surface area contributed by atoms with E-state index >= 15 is 0 Å². The van der Waals surface area contributed by atoms with Crippen LogP contribution < -0.4 is 0 Å². The van der Waals surface area contributed by atoms with Crippen LogP contribution in [0.15, 0.2) is 82.1 Å². The zero-order valence-corrected chi connectivity index (χ0v) is 16.2. The lowest BCUT2D eigenvalue weighted by Crippen LogP contribution is -2.21. The van der Waals surface area contributed by atoms with Gasteiger partial charge in [0.2, 0.25) is 5.76 Å². The van der Waals surface area contributed by atoms with E-state index in [1.807, 2.05) is 0 Å². The van der Waals surface area contributed by atoms with Gasteiger partial charge in [-0.25, -0.2) is 0 Å². The Morgan fingerprint density at radius 3 is 2.11 bits per heavy atom. The average Bonchev–Trinajstić information content (AvgIpc) is 3.16. The fourth-order valence-electron chi connectivity index (χ4n) is 2.53. The minimum atomic E-state index is -5.02. The first-order chi connectivity index (χ1) is 13.2. The van der Waals surface area contributed by atoms with Crippen LogP contribution in [0, 0.1) is 6.92 Å². The van der Waals surface area contributed by atoms with E-state index in [1.165, 1.54) is 59.2 Å². The van der Waals surface area contributed by atoms with Crippen molar-refractivity contribution in [2.75, 3.05) is 0 Å². The van der Waals surface area contributed by atoms with Gasteiger partial charge in [-0.1, -0.05) is 48.0 Å². The maximum absolute atomic E-state index is 13.9. The topological polar surface area (TPSA) is 43.4 Å². The van der Waals surface area contributed by atoms with E-state index in [1.54, 1.807) is 30.5 Å². The maximum atomic E-state index is 13.9. The molecule has 1 heterocycles. The number of thiophene rings is 1. The molecule has 0 aliphatic heterocycles. The van der Waals surface area contributed by atoms with Gasteiger partial charge in [-0.05, 0) is 47.0 Å². The van der Waals surface area contributed by atoms with Crippen LogP contribution in [-0.2, 0) is 14.3 Å². The van der Waals surface area contributed by atoms with Crippen molar-refractivity contribution < 1.29 is 25.8 Å². The fraction of sp³-hybridized carbons (Fsp3) is 0.100. The van der Waals surface area contributed by atoms with E-state index in [4.69, 9.17) is 4.18 Å². The van der Waals surface area contributed by atoms with Crippen molar-refractivity contribution in [3.8, 4) is 0 Å². The number of aryl methyl sites for hydroxylation is 1. The van der Waals surface area contributed by atoms with Crippen molar-refractivity contribution in [1.82, 2.24) is 0 Å². The van der Waals surface area contributed by atoms with Crippen molar-refractivity contribution in [1.29, 1.82) is 0 Å². The number of alkyl halides is 3. The second-order valence-corrected chi connectivity index (χ2v) is 8.26. The number of hydrogen-bond acceptors (Lipinski definition) is 4. The summed E-state index contributed by atoms with van der Waals surface area (Å²) in [6, 6.07) is 14.6. The number of hydrogen-bond donors (Lipinski definition) is 0. The van der Waals surface area contributed by atoms with Gasteiger partial charge in [0, 0.05) is 5.57 Å². The van der Waals surface area contributed by atoms with Crippen LogP contribution in [0.2, 0.25) is 0 Å². The molecule has 0 amide bonds. The lowest BCUT2D eigenvalue weighted by atomic mass is 9.99. The molecule has 3 nitrogen and oxygen atoms in total. The predicted octanol–water partition coefficient (Wildman–Crippen LogP) is 5.78. The Morgan fingerprint density at radius 1 is 0.929 bits per heavy atom. The largest absolute Gasteiger partial charge is 0.451 e. The summed E-state index contributed by atoms with van der Waals surface area (Å²) in [5, 5.41) is 3.12. The van der Waals surface area contributed by atoms with E-state index < -0.39 is 22.1 Å². The molecule has 8 heteroatoms. The van der Waals surface area contributed by atoms with Crippen molar-refractivity contribution in [3.63, 3.8) is 0 Å². The third-order valence-corrected chi connectivity index (χ3v) is 5.78. The Morgan fingerprint density at radius 2 is 1.57 bits per heavy atom. The minimum Gasteiger partial charge on any atom is -0.373 e. The molecule has 0 bridgehead atoms. The van der Waals surface area contributed by atoms with E-state index in [-0.39, 0.29) is 21.6 Å². The molecule has 2 aromatic carbocycles. The van der Waals surface area contributed by atoms with Crippen LogP contribution in [0.4, 0.5) is 13.2 Å². The Hall–Kier alpha value is -2.58. The summed E-state index contributed by atoms with van der Waals surface area (Å²) in [7, 11) is -4.68. The number of benzene rings is 2. The molecule has 1 aromatic heterocycles. The molecule has 0 saturated heterocycles. The summed E-state index contributed by atoms with van der Waals surface area (Å²) in [5.74, 6) is -1.57. The van der Waals surface area contributed by atoms with Crippen molar-refractivity contribution in [2.24, 2.45) is 0 Å². The van der Waals surface area contributed by atoms with Crippen LogP contribution >= 0.6 is 11.3 Å². The predicted molar refractivity (Wildman–Crippen MR) is 102 cm³/mol. The minimum absolute atomic E-state index is 0.201. The molecule has 0 fully saturated rings. The fourth-order valence-corrected chi connectivity index (χ4v) is 4.14. The van der Waals surface area contributed by atoms with Crippen LogP contribution in [0.1, 0.15) is 16.7 Å². The van der Waals surface area contributed by atoms with Gasteiger partial charge >= 0.3 is 16.3 Å². The molecule has 0 saturated carbocycles. The van der Waals surface area contributed by atoms with Gasteiger partial charge in [-0.15, -0.1) is 0 Å². The molecule has 3 rings (SSSR count). The molecule has 0 aliphatic rings. The Kier molecular flexibility index (Phi) is 5.62. The zero-order chi connectivity index (χ0) is 20.4. The Labute approximate surface area is 164 Å². The molecule has 0 N–H and O–H groups in total. The van der Waals surface area contributed by atoms with Gasteiger partial charge in [0.25, 0.3) is 0 Å². The van der Waals surface area contributed by atoms with Gasteiger partial charge in [0.1, 0.15) is 4.90 Å². The highest BCUT2D eigenvalue weighted by Gasteiger charge is 2.42. The van der Waals surface area contributed by atoms with E-state index in [0.29, 0.717) is 0 Å². The normalized spacial score (nSPS) is 13.1. The summed E-state index contributed by atoms with van der Waals surface area (Å²) >= 11 is 1.20. The summed E-state index contributed by atoms with van der Waals surface area (Å²) in [6.07, 6.45) is -5.02. The Bertz CT molecular complexity index is 1070. The highest BCUT2D eigenvalue weighted by molar-refractivity contribution is 7.86. The second kappa shape index (κ2) is 7.81. The van der Waals surface area contributed by atoms with Gasteiger partial charge in [0.05, 0.1) is 0 Å². The van der Waals surface area contributed by atoms with E-state index in [2.05, 4.69) is 0 Å². The maximum Gasteiger partial charge on any atom is 0.451 e. The molecule has 0 unspecified atom stereocenters. The summed E-state index contributed by atoms with van der Waals surface area (Å²) in [6.45, 7) is 1.74. The van der Waals surface area contributed by atoms with Crippen molar-refractivity contribution >= 4 is 27.0 Å². The molecular formula is C20H15F3O3S2. The summed E-state index contributed by atoms with van der Waals surface area (Å²) in [4.78, 5) is -0.349. The first-order valence-corrected chi connectivity index (χ1v) is 10.4. The monoisotopic (exact) mass is 424 g/mol. The van der Waals surface area contributed by atoms with Crippen molar-refractivity contribution in [3.05, 3.63) is 93.9 Å². The first kappa shape index (κ1) is 20.2. The number of allylic oxidation sites excluding steroid dienone is 1. The van der Waals surface area contributed by atoms with E-state index in [9.17, 15) is 21.6 Å². The lowest BCUT2D eigenvalue weighted by Gasteiger charge is -2.18. The molecule has 0 spiro atoms. The molecule has 0 aliphatic carbocycles. The van der Waals surface area contributed by atoms with Gasteiger partial charge in [-0.2, -0.15) is 32.9 Å². The van der Waals surface area contributed by atoms with Crippen LogP contribution in [0.5, 0.6) is 0 Å². The van der Waals surface area contributed by atoms with Gasteiger partial charge < -0.3 is 4.18 Å². The first-order valence-electron chi connectivity index (χ1n) is 8.09. The molecule has 0 atom stereocenters. The third kappa shape index (κ3) is 4.45. The highest BCUT2D eigenvalue weighted by Crippen LogP contribution is 2.39. The van der Waals surface area contributed by atoms with Crippen LogP contribution in [-0.4, -0.2) is 14.6 Å². The third-order valence-electron chi connectivity index (χ3n) is 3.86. The lowest BCUT2D eigenvalue weighted by molar-refractivity contribution is -0.114. The summed E-state index contributed by atoms with van der Waals surface area (Å²) in [5.41, 5.74) is 0.869. The zero-order valence-electron chi connectivity index (χ0n) is 14.6. The molecule has 3 aromatic rings. The second-order valence-electron chi connectivity index (χ2n) is 5.93. The van der Waals surface area contributed by atoms with Crippen LogP contribution in [0.3, 0.4) is 0 Å². The quantitative estimate of drug-likeness (QED) is 0.385. The SMILES string of the molecule is Cc1ccc(S(=O)(=O)O/C(=C(/c2ccccc2)c2ccsc2)C(F)(F)F)cc1. The molecule has 28 heavy (non-hydrogen) atoms.